The number of hydrogen-bond acceptors (Lipinski definition) is 10. The number of methoxy groups -OCH3 is 2. The molecular formula is C28H32N8O2. The van der Waals surface area contributed by atoms with Gasteiger partial charge in [-0.25, -0.2) is 9.97 Å². The lowest BCUT2D eigenvalue weighted by Crippen LogP contribution is -2.51. The van der Waals surface area contributed by atoms with Crippen LogP contribution in [0.15, 0.2) is 55.1 Å². The molecule has 5 heterocycles. The number of anilines is 2. The van der Waals surface area contributed by atoms with Crippen molar-refractivity contribution in [3.63, 3.8) is 0 Å². The molecule has 38 heavy (non-hydrogen) atoms. The van der Waals surface area contributed by atoms with Crippen LogP contribution in [0, 0.1) is 11.3 Å². The topological polar surface area (TPSA) is 117 Å². The number of nitrogens with two attached hydrogens (primary N) is 1. The molecule has 0 bridgehead atoms. The minimum atomic E-state index is 0.228. The Bertz CT molecular complexity index is 1310. The van der Waals surface area contributed by atoms with Gasteiger partial charge >= 0.3 is 0 Å². The summed E-state index contributed by atoms with van der Waals surface area (Å²) in [5.41, 5.74) is 10.5. The summed E-state index contributed by atoms with van der Waals surface area (Å²) in [5.74, 6) is 1.57. The largest absolute Gasteiger partial charge is 0.481 e. The summed E-state index contributed by atoms with van der Waals surface area (Å²) in [7, 11) is 3.35. The summed E-state index contributed by atoms with van der Waals surface area (Å²) >= 11 is 0. The third kappa shape index (κ3) is 5.39. The molecule has 0 aliphatic carbocycles. The second-order valence-electron chi connectivity index (χ2n) is 9.42. The van der Waals surface area contributed by atoms with E-state index in [1.807, 2.05) is 30.6 Å². The smallest absolute Gasteiger partial charge is 0.212 e. The van der Waals surface area contributed by atoms with Crippen molar-refractivity contribution in [1.29, 1.82) is 5.26 Å². The van der Waals surface area contributed by atoms with Gasteiger partial charge in [0.15, 0.2) is 0 Å². The van der Waals surface area contributed by atoms with Crippen LogP contribution in [0.4, 0.5) is 11.5 Å². The first-order valence-corrected chi connectivity index (χ1v) is 12.6. The van der Waals surface area contributed by atoms with Gasteiger partial charge in [-0.05, 0) is 23.8 Å². The molecule has 5 rings (SSSR count). The first kappa shape index (κ1) is 25.4. The molecule has 10 nitrogen and oxygen atoms in total. The second kappa shape index (κ2) is 11.5. The molecule has 2 fully saturated rings. The molecule has 2 aliphatic rings. The maximum absolute atomic E-state index is 9.61. The van der Waals surface area contributed by atoms with Crippen molar-refractivity contribution in [1.82, 2.24) is 19.9 Å². The van der Waals surface area contributed by atoms with Crippen molar-refractivity contribution in [3.05, 3.63) is 66.4 Å². The number of rotatable bonds is 8. The summed E-state index contributed by atoms with van der Waals surface area (Å²) in [6.07, 6.45) is 7.05. The van der Waals surface area contributed by atoms with Gasteiger partial charge < -0.3 is 25.0 Å². The maximum atomic E-state index is 9.61. The van der Waals surface area contributed by atoms with Crippen LogP contribution in [-0.2, 0) is 11.3 Å². The number of hydrogen-bond donors (Lipinski definition) is 1. The fourth-order valence-corrected chi connectivity index (χ4v) is 4.78. The van der Waals surface area contributed by atoms with Gasteiger partial charge in [-0.15, -0.1) is 0 Å². The highest BCUT2D eigenvalue weighted by Gasteiger charge is 2.28. The summed E-state index contributed by atoms with van der Waals surface area (Å²) < 4.78 is 10.6. The predicted molar refractivity (Wildman–Crippen MR) is 147 cm³/mol. The molecule has 0 saturated carbocycles. The van der Waals surface area contributed by atoms with E-state index >= 15 is 0 Å². The van der Waals surface area contributed by atoms with Crippen LogP contribution in [0.1, 0.15) is 11.3 Å². The Kier molecular flexibility index (Phi) is 7.67. The Labute approximate surface area is 222 Å². The zero-order valence-electron chi connectivity index (χ0n) is 21.7. The molecule has 2 saturated heterocycles. The molecule has 0 radical (unpaired) electrons. The van der Waals surface area contributed by atoms with E-state index < -0.39 is 0 Å². The second-order valence-corrected chi connectivity index (χ2v) is 9.42. The standard InChI is InChI=1S/C28H32N8O2/c1-37-24-18-36(19-24)23-11-25(28(33-16-23)22(12-29)13-30)21-4-5-26(31-15-21)35-9-7-34(8-10-35)17-20-3-6-27(38-2)32-14-20/h3-6,11-12,14-16,24H,7-10,17-19,29H2,1-2H3. The quantitative estimate of drug-likeness (QED) is 0.451. The molecule has 3 aromatic heterocycles. The first-order chi connectivity index (χ1) is 18.6. The van der Waals surface area contributed by atoms with E-state index in [0.717, 1.165) is 68.4 Å². The van der Waals surface area contributed by atoms with E-state index in [2.05, 4.69) is 42.9 Å². The number of pyridine rings is 3. The predicted octanol–water partition coefficient (Wildman–Crippen LogP) is 2.53. The highest BCUT2D eigenvalue weighted by atomic mass is 16.5. The first-order valence-electron chi connectivity index (χ1n) is 12.6. The maximum Gasteiger partial charge on any atom is 0.212 e. The van der Waals surface area contributed by atoms with Gasteiger partial charge in [0.1, 0.15) is 11.9 Å². The van der Waals surface area contributed by atoms with Crippen molar-refractivity contribution >= 4 is 17.1 Å². The van der Waals surface area contributed by atoms with E-state index in [9.17, 15) is 5.26 Å². The molecule has 2 N–H and O–H groups in total. The van der Waals surface area contributed by atoms with Crippen LogP contribution in [0.3, 0.4) is 0 Å². The molecule has 3 aromatic rings. The van der Waals surface area contributed by atoms with E-state index in [0.29, 0.717) is 17.1 Å². The van der Waals surface area contributed by atoms with Crippen LogP contribution < -0.4 is 20.3 Å². The van der Waals surface area contributed by atoms with Gasteiger partial charge in [-0.3, -0.25) is 9.88 Å². The molecular weight excluding hydrogens is 480 g/mol. The van der Waals surface area contributed by atoms with Crippen molar-refractivity contribution in [2.75, 3.05) is 63.3 Å². The van der Waals surface area contributed by atoms with Crippen LogP contribution in [-0.4, -0.2) is 79.4 Å². The van der Waals surface area contributed by atoms with Gasteiger partial charge in [0.05, 0.1) is 36.4 Å². The van der Waals surface area contributed by atoms with Crippen LogP contribution in [0.25, 0.3) is 16.7 Å². The van der Waals surface area contributed by atoms with E-state index in [4.69, 9.17) is 20.2 Å². The van der Waals surface area contributed by atoms with Crippen molar-refractivity contribution < 1.29 is 9.47 Å². The van der Waals surface area contributed by atoms with Gasteiger partial charge in [-0.1, -0.05) is 6.07 Å². The number of ether oxygens (including phenoxy) is 2. The monoisotopic (exact) mass is 512 g/mol. The Morgan fingerprint density at radius 3 is 2.45 bits per heavy atom. The van der Waals surface area contributed by atoms with Gasteiger partial charge in [0.2, 0.25) is 5.88 Å². The molecule has 0 amide bonds. The minimum absolute atomic E-state index is 0.228. The van der Waals surface area contributed by atoms with Gasteiger partial charge in [-0.2, -0.15) is 5.26 Å². The summed E-state index contributed by atoms with van der Waals surface area (Å²) in [6, 6.07) is 12.3. The van der Waals surface area contributed by atoms with Crippen molar-refractivity contribution in [2.24, 2.45) is 5.73 Å². The zero-order chi connectivity index (χ0) is 26.5. The Hall–Kier alpha value is -4.20. The highest BCUT2D eigenvalue weighted by molar-refractivity contribution is 5.86. The molecule has 0 spiro atoms. The van der Waals surface area contributed by atoms with Crippen molar-refractivity contribution in [3.8, 4) is 23.1 Å². The van der Waals surface area contributed by atoms with E-state index in [1.54, 1.807) is 20.4 Å². The Balaban J connectivity index is 1.28. The average Bonchev–Trinajstić information content (AvgIpc) is 2.95. The summed E-state index contributed by atoms with van der Waals surface area (Å²) in [4.78, 5) is 20.6. The third-order valence-corrected chi connectivity index (χ3v) is 7.13. The lowest BCUT2D eigenvalue weighted by Gasteiger charge is -2.40. The molecule has 2 aliphatic heterocycles. The SMILES string of the molecule is COc1ccc(CN2CCN(c3ccc(-c4cc(N5CC(OC)C5)cnc4C(C#N)=CN)cn3)CC2)cn1. The fourth-order valence-electron chi connectivity index (χ4n) is 4.78. The molecule has 0 unspecified atom stereocenters. The summed E-state index contributed by atoms with van der Waals surface area (Å²) in [6.45, 7) is 6.15. The lowest BCUT2D eigenvalue weighted by molar-refractivity contribution is 0.0787. The number of piperazine rings is 1. The fraction of sp³-hybridized carbons (Fsp3) is 0.357. The van der Waals surface area contributed by atoms with Crippen LogP contribution >= 0.6 is 0 Å². The average molecular weight is 513 g/mol. The number of aromatic nitrogens is 3. The van der Waals surface area contributed by atoms with Gasteiger partial charge in [0.25, 0.3) is 0 Å². The zero-order valence-corrected chi connectivity index (χ0v) is 21.7. The lowest BCUT2D eigenvalue weighted by atomic mass is 10.00. The molecule has 196 valence electrons. The van der Waals surface area contributed by atoms with Gasteiger partial charge in [0, 0.05) is 88.7 Å². The Morgan fingerprint density at radius 1 is 1.03 bits per heavy atom. The summed E-state index contributed by atoms with van der Waals surface area (Å²) in [5, 5.41) is 9.61. The van der Waals surface area contributed by atoms with Crippen molar-refractivity contribution in [2.45, 2.75) is 12.6 Å². The van der Waals surface area contributed by atoms with Crippen LogP contribution in [0.2, 0.25) is 0 Å². The van der Waals surface area contributed by atoms with E-state index in [1.165, 1.54) is 11.8 Å². The highest BCUT2D eigenvalue weighted by Crippen LogP contribution is 2.33. The number of nitrogens with zero attached hydrogens (tertiary/aromatic N) is 7. The normalized spacial score (nSPS) is 16.7. The van der Waals surface area contributed by atoms with E-state index in [-0.39, 0.29) is 6.10 Å². The number of allylic oxidation sites excluding steroid dienone is 1. The Morgan fingerprint density at radius 2 is 1.84 bits per heavy atom. The molecule has 0 atom stereocenters. The minimum Gasteiger partial charge on any atom is -0.481 e. The molecule has 0 aromatic carbocycles. The third-order valence-electron chi connectivity index (χ3n) is 7.13. The van der Waals surface area contributed by atoms with Crippen LogP contribution in [0.5, 0.6) is 5.88 Å². The molecule has 10 heteroatoms. The number of nitriles is 1.